The Kier molecular flexibility index (Phi) is 6.04. The Bertz CT molecular complexity index is 840. The number of benzene rings is 1. The topological polar surface area (TPSA) is 62.7 Å². The number of ether oxygens (including phenoxy) is 1. The number of halogens is 3. The minimum atomic E-state index is -4.81. The van der Waals surface area contributed by atoms with Gasteiger partial charge in [-0.05, 0) is 37.2 Å². The summed E-state index contributed by atoms with van der Waals surface area (Å²) in [6, 6.07) is 4.28. The molecule has 3 rings (SSSR count). The zero-order chi connectivity index (χ0) is 19.5. The van der Waals surface area contributed by atoms with Crippen LogP contribution < -0.4 is 4.74 Å². The van der Waals surface area contributed by atoms with Gasteiger partial charge in [0.2, 0.25) is 10.0 Å². The second-order valence-electron chi connectivity index (χ2n) is 5.98. The van der Waals surface area contributed by atoms with Crippen molar-refractivity contribution in [3.63, 3.8) is 0 Å². The highest BCUT2D eigenvalue weighted by Gasteiger charge is 2.32. The van der Waals surface area contributed by atoms with E-state index in [0.717, 1.165) is 35.8 Å². The lowest BCUT2D eigenvalue weighted by Gasteiger charge is -2.21. The summed E-state index contributed by atoms with van der Waals surface area (Å²) in [5, 5.41) is 2.88. The second kappa shape index (κ2) is 8.13. The minimum Gasteiger partial charge on any atom is -0.406 e. The molecule has 2 aromatic rings. The molecule has 1 aliphatic rings. The van der Waals surface area contributed by atoms with E-state index >= 15 is 0 Å². The Balaban J connectivity index is 1.65. The van der Waals surface area contributed by atoms with Crippen molar-refractivity contribution in [2.24, 2.45) is 0 Å². The maximum atomic E-state index is 12.8. The molecule has 0 unspecified atom stereocenters. The van der Waals surface area contributed by atoms with Crippen molar-refractivity contribution in [2.75, 3.05) is 26.2 Å². The molecular formula is C16H18F3N3O3S2. The second-order valence-corrected chi connectivity index (χ2v) is 8.90. The number of alkyl halides is 3. The molecule has 6 nitrogen and oxygen atoms in total. The average Bonchev–Trinajstić information content (AvgIpc) is 2.97. The molecule has 11 heteroatoms. The van der Waals surface area contributed by atoms with E-state index in [0.29, 0.717) is 32.6 Å². The van der Waals surface area contributed by atoms with E-state index in [1.807, 2.05) is 5.38 Å². The Morgan fingerprint density at radius 2 is 1.85 bits per heavy atom. The van der Waals surface area contributed by atoms with E-state index in [1.165, 1.54) is 4.31 Å². The molecule has 1 aromatic heterocycles. The first-order valence-corrected chi connectivity index (χ1v) is 10.5. The summed E-state index contributed by atoms with van der Waals surface area (Å²) >= 11 is 1.56. The van der Waals surface area contributed by atoms with Gasteiger partial charge in [0.05, 0.1) is 11.4 Å². The van der Waals surface area contributed by atoms with Crippen LogP contribution in [0.3, 0.4) is 0 Å². The molecule has 0 amide bonds. The number of thiazole rings is 1. The van der Waals surface area contributed by atoms with Crippen molar-refractivity contribution in [3.8, 4) is 5.75 Å². The van der Waals surface area contributed by atoms with Crippen molar-refractivity contribution in [3.05, 3.63) is 40.8 Å². The summed E-state index contributed by atoms with van der Waals surface area (Å²) < 4.78 is 67.4. The molecular weight excluding hydrogens is 403 g/mol. The van der Waals surface area contributed by atoms with Gasteiger partial charge in [0.15, 0.2) is 0 Å². The summed E-state index contributed by atoms with van der Waals surface area (Å²) in [4.78, 5) is 6.34. The van der Waals surface area contributed by atoms with Gasteiger partial charge in [0.25, 0.3) is 0 Å². The van der Waals surface area contributed by atoms with E-state index in [9.17, 15) is 21.6 Å². The highest BCUT2D eigenvalue weighted by atomic mass is 32.2. The quantitative estimate of drug-likeness (QED) is 0.743. The van der Waals surface area contributed by atoms with Gasteiger partial charge in [-0.1, -0.05) is 0 Å². The zero-order valence-electron chi connectivity index (χ0n) is 14.2. The monoisotopic (exact) mass is 421 g/mol. The van der Waals surface area contributed by atoms with Crippen molar-refractivity contribution in [2.45, 2.75) is 24.2 Å². The Morgan fingerprint density at radius 1 is 1.11 bits per heavy atom. The summed E-state index contributed by atoms with van der Waals surface area (Å²) in [7, 11) is -3.77. The molecule has 1 aromatic carbocycles. The summed E-state index contributed by atoms with van der Waals surface area (Å²) in [5.74, 6) is -0.452. The average molecular weight is 421 g/mol. The molecule has 0 atom stereocenters. The van der Waals surface area contributed by atoms with E-state index in [4.69, 9.17) is 0 Å². The third-order valence-corrected chi connectivity index (χ3v) is 6.76. The standard InChI is InChI=1S/C16H18F3N3O3S2/c17-16(18,19)25-13-2-4-14(5-3-13)27(23,24)22-8-1-7-21(9-10-22)12-15-20-6-11-26-15/h2-6,11H,1,7-10,12H2. The van der Waals surface area contributed by atoms with Crippen molar-refractivity contribution in [1.29, 1.82) is 0 Å². The molecule has 148 valence electrons. The van der Waals surface area contributed by atoms with Crippen molar-refractivity contribution >= 4 is 21.4 Å². The van der Waals surface area contributed by atoms with Crippen LogP contribution in [0.2, 0.25) is 0 Å². The number of hydrogen-bond acceptors (Lipinski definition) is 6. The van der Waals surface area contributed by atoms with Crippen LogP contribution in [0.1, 0.15) is 11.4 Å². The first kappa shape index (κ1) is 20.1. The molecule has 1 fully saturated rings. The molecule has 1 aliphatic heterocycles. The lowest BCUT2D eigenvalue weighted by atomic mass is 10.3. The van der Waals surface area contributed by atoms with E-state index in [1.54, 1.807) is 17.5 Å². The highest BCUT2D eigenvalue weighted by molar-refractivity contribution is 7.89. The van der Waals surface area contributed by atoms with Crippen LogP contribution in [-0.2, 0) is 16.6 Å². The molecule has 2 heterocycles. The number of aromatic nitrogens is 1. The molecule has 1 saturated heterocycles. The van der Waals surface area contributed by atoms with E-state index < -0.39 is 22.1 Å². The fourth-order valence-corrected chi connectivity index (χ4v) is 4.96. The first-order chi connectivity index (χ1) is 12.7. The van der Waals surface area contributed by atoms with E-state index in [2.05, 4.69) is 14.6 Å². The SMILES string of the molecule is O=S(=O)(c1ccc(OC(F)(F)F)cc1)N1CCCN(Cc2nccs2)CC1. The zero-order valence-corrected chi connectivity index (χ0v) is 15.9. The van der Waals surface area contributed by atoms with Crippen LogP contribution in [0.25, 0.3) is 0 Å². The molecule has 27 heavy (non-hydrogen) atoms. The predicted octanol–water partition coefficient (Wildman–Crippen LogP) is 2.94. The molecule has 0 bridgehead atoms. The van der Waals surface area contributed by atoms with Gasteiger partial charge in [0, 0.05) is 31.2 Å². The minimum absolute atomic E-state index is 0.0506. The van der Waals surface area contributed by atoms with Gasteiger partial charge >= 0.3 is 6.36 Å². The van der Waals surface area contributed by atoms with Gasteiger partial charge in [-0.2, -0.15) is 4.31 Å². The largest absolute Gasteiger partial charge is 0.573 e. The summed E-state index contributed by atoms with van der Waals surface area (Å²) in [5.41, 5.74) is 0. The van der Waals surface area contributed by atoms with Crippen LogP contribution in [0.5, 0.6) is 5.75 Å². The van der Waals surface area contributed by atoms with Crippen LogP contribution in [0, 0.1) is 0 Å². The summed E-state index contributed by atoms with van der Waals surface area (Å²) in [6.07, 6.45) is -2.41. The maximum absolute atomic E-state index is 12.8. The van der Waals surface area contributed by atoms with Crippen LogP contribution in [-0.4, -0.2) is 55.1 Å². The molecule has 0 saturated carbocycles. The molecule has 0 spiro atoms. The maximum Gasteiger partial charge on any atom is 0.573 e. The predicted molar refractivity (Wildman–Crippen MR) is 93.9 cm³/mol. The lowest BCUT2D eigenvalue weighted by molar-refractivity contribution is -0.274. The highest BCUT2D eigenvalue weighted by Crippen LogP contribution is 2.25. The third-order valence-electron chi connectivity index (χ3n) is 4.08. The number of hydrogen-bond donors (Lipinski definition) is 0. The lowest BCUT2D eigenvalue weighted by Crippen LogP contribution is -2.35. The van der Waals surface area contributed by atoms with Crippen LogP contribution in [0.15, 0.2) is 40.7 Å². The van der Waals surface area contributed by atoms with Gasteiger partial charge < -0.3 is 4.74 Å². The van der Waals surface area contributed by atoms with Crippen LogP contribution >= 0.6 is 11.3 Å². The summed E-state index contributed by atoms with van der Waals surface area (Å²) in [6.45, 7) is 2.67. The van der Waals surface area contributed by atoms with Gasteiger partial charge in [-0.15, -0.1) is 24.5 Å². The number of rotatable bonds is 5. The Morgan fingerprint density at radius 3 is 2.48 bits per heavy atom. The van der Waals surface area contributed by atoms with Crippen LogP contribution in [0.4, 0.5) is 13.2 Å². The third kappa shape index (κ3) is 5.41. The molecule has 0 radical (unpaired) electrons. The Labute approximate surface area is 159 Å². The number of sulfonamides is 1. The normalized spacial score (nSPS) is 17.6. The first-order valence-electron chi connectivity index (χ1n) is 8.21. The van der Waals surface area contributed by atoms with Gasteiger partial charge in [0.1, 0.15) is 10.8 Å². The van der Waals surface area contributed by atoms with E-state index in [-0.39, 0.29) is 4.90 Å². The van der Waals surface area contributed by atoms with Crippen molar-refractivity contribution in [1.82, 2.24) is 14.2 Å². The smallest absolute Gasteiger partial charge is 0.406 e. The molecule has 0 aliphatic carbocycles. The van der Waals surface area contributed by atoms with Gasteiger partial charge in [-0.25, -0.2) is 13.4 Å². The number of nitrogens with zero attached hydrogens (tertiary/aromatic N) is 3. The Hall–Kier alpha value is -1.69. The van der Waals surface area contributed by atoms with Crippen molar-refractivity contribution < 1.29 is 26.3 Å². The fourth-order valence-electron chi connectivity index (χ4n) is 2.83. The van der Waals surface area contributed by atoms with Gasteiger partial charge in [-0.3, -0.25) is 4.90 Å². The molecule has 0 N–H and O–H groups in total. The fraction of sp³-hybridized carbons (Fsp3) is 0.438.